The standard InChI is InChI=1S/C11H8ClN3O/c1-7-2-9(12)3-10(11(7)16)15-6-8(4-13)5-14/h2-3,6,15-16H,1H3. The van der Waals surface area contributed by atoms with Crippen LogP contribution in [0.1, 0.15) is 5.56 Å². The first-order valence-corrected chi connectivity index (χ1v) is 4.72. The molecule has 0 aliphatic rings. The Bertz CT molecular complexity index is 507. The molecule has 1 aromatic carbocycles. The third kappa shape index (κ3) is 2.66. The van der Waals surface area contributed by atoms with E-state index in [0.717, 1.165) is 0 Å². The van der Waals surface area contributed by atoms with Crippen LogP contribution in [0.25, 0.3) is 0 Å². The normalized spacial score (nSPS) is 8.75. The maximum absolute atomic E-state index is 9.66. The second kappa shape index (κ2) is 5.06. The van der Waals surface area contributed by atoms with Crippen molar-refractivity contribution in [3.05, 3.63) is 34.5 Å². The number of hydrogen-bond donors (Lipinski definition) is 2. The molecule has 0 radical (unpaired) electrons. The fraction of sp³-hybridized carbons (Fsp3) is 0.0909. The van der Waals surface area contributed by atoms with Crippen LogP contribution >= 0.6 is 11.6 Å². The lowest BCUT2D eigenvalue weighted by Gasteiger charge is -2.07. The zero-order valence-corrected chi connectivity index (χ0v) is 9.21. The summed E-state index contributed by atoms with van der Waals surface area (Å²) in [5.41, 5.74) is 0.879. The maximum Gasteiger partial charge on any atom is 0.145 e. The van der Waals surface area contributed by atoms with Gasteiger partial charge < -0.3 is 10.4 Å². The van der Waals surface area contributed by atoms with E-state index in [4.69, 9.17) is 22.1 Å². The van der Waals surface area contributed by atoms with Gasteiger partial charge in [-0.2, -0.15) is 10.5 Å². The number of anilines is 1. The highest BCUT2D eigenvalue weighted by Crippen LogP contribution is 2.30. The molecule has 0 aliphatic heterocycles. The number of aromatic hydroxyl groups is 1. The number of hydrogen-bond acceptors (Lipinski definition) is 4. The van der Waals surface area contributed by atoms with Crippen LogP contribution in [-0.2, 0) is 0 Å². The highest BCUT2D eigenvalue weighted by Gasteiger charge is 2.05. The van der Waals surface area contributed by atoms with Gasteiger partial charge in [0, 0.05) is 11.2 Å². The Kier molecular flexibility index (Phi) is 3.77. The summed E-state index contributed by atoms with van der Waals surface area (Å²) < 4.78 is 0. The molecular weight excluding hydrogens is 226 g/mol. The Labute approximate surface area is 98.0 Å². The molecule has 0 spiro atoms. The number of benzene rings is 1. The van der Waals surface area contributed by atoms with Crippen molar-refractivity contribution in [2.45, 2.75) is 6.92 Å². The number of rotatable bonds is 2. The minimum atomic E-state index is -0.0861. The minimum absolute atomic E-state index is 0.0379. The van der Waals surface area contributed by atoms with Crippen molar-refractivity contribution in [1.82, 2.24) is 0 Å². The van der Waals surface area contributed by atoms with Crippen molar-refractivity contribution in [3.8, 4) is 17.9 Å². The van der Waals surface area contributed by atoms with Crippen LogP contribution in [0, 0.1) is 29.6 Å². The fourth-order valence-corrected chi connectivity index (χ4v) is 1.36. The molecule has 0 saturated carbocycles. The van der Waals surface area contributed by atoms with E-state index >= 15 is 0 Å². The number of halogens is 1. The van der Waals surface area contributed by atoms with Gasteiger partial charge in [0.25, 0.3) is 0 Å². The number of allylic oxidation sites excluding steroid dienone is 1. The molecule has 0 aromatic heterocycles. The van der Waals surface area contributed by atoms with Gasteiger partial charge in [-0.1, -0.05) is 11.6 Å². The van der Waals surface area contributed by atoms with Crippen molar-refractivity contribution in [3.63, 3.8) is 0 Å². The average molecular weight is 234 g/mol. The largest absolute Gasteiger partial charge is 0.505 e. The van der Waals surface area contributed by atoms with Gasteiger partial charge in [0.1, 0.15) is 23.5 Å². The van der Waals surface area contributed by atoms with Gasteiger partial charge in [-0.05, 0) is 24.6 Å². The number of nitrogens with one attached hydrogen (secondary N) is 1. The van der Waals surface area contributed by atoms with Gasteiger partial charge in [-0.25, -0.2) is 0 Å². The summed E-state index contributed by atoms with van der Waals surface area (Å²) in [5, 5.41) is 29.8. The second-order valence-electron chi connectivity index (χ2n) is 3.04. The highest BCUT2D eigenvalue weighted by atomic mass is 35.5. The van der Waals surface area contributed by atoms with Crippen LogP contribution < -0.4 is 5.32 Å². The Morgan fingerprint density at radius 1 is 1.44 bits per heavy atom. The lowest BCUT2D eigenvalue weighted by Crippen LogP contribution is -1.92. The van der Waals surface area contributed by atoms with Crippen molar-refractivity contribution in [2.75, 3.05) is 5.32 Å². The highest BCUT2D eigenvalue weighted by molar-refractivity contribution is 6.31. The predicted molar refractivity (Wildman–Crippen MR) is 60.8 cm³/mol. The monoisotopic (exact) mass is 233 g/mol. The van der Waals surface area contributed by atoms with Gasteiger partial charge in [0.15, 0.2) is 0 Å². The molecule has 2 N–H and O–H groups in total. The maximum atomic E-state index is 9.66. The predicted octanol–water partition coefficient (Wildman–Crippen LogP) is 2.70. The van der Waals surface area contributed by atoms with E-state index in [2.05, 4.69) is 5.32 Å². The van der Waals surface area contributed by atoms with Gasteiger partial charge in [0.05, 0.1) is 5.69 Å². The van der Waals surface area contributed by atoms with Crippen molar-refractivity contribution in [2.24, 2.45) is 0 Å². The third-order valence-electron chi connectivity index (χ3n) is 1.88. The van der Waals surface area contributed by atoms with Gasteiger partial charge in [0.2, 0.25) is 0 Å². The summed E-state index contributed by atoms with van der Waals surface area (Å²) in [6.07, 6.45) is 1.21. The van der Waals surface area contributed by atoms with Gasteiger partial charge in [-0.3, -0.25) is 0 Å². The van der Waals surface area contributed by atoms with Crippen LogP contribution in [-0.4, -0.2) is 5.11 Å². The lowest BCUT2D eigenvalue weighted by atomic mass is 10.2. The summed E-state index contributed by atoms with van der Waals surface area (Å²) in [7, 11) is 0. The molecule has 0 unspecified atom stereocenters. The topological polar surface area (TPSA) is 79.8 Å². The molecule has 80 valence electrons. The lowest BCUT2D eigenvalue weighted by molar-refractivity contribution is 0.473. The molecule has 5 heteroatoms. The molecule has 0 heterocycles. The van der Waals surface area contributed by atoms with E-state index in [1.165, 1.54) is 12.3 Å². The molecular formula is C11H8ClN3O. The van der Waals surface area contributed by atoms with E-state index in [1.54, 1.807) is 25.1 Å². The Balaban J connectivity index is 3.05. The van der Waals surface area contributed by atoms with Crippen LogP contribution in [0.3, 0.4) is 0 Å². The van der Waals surface area contributed by atoms with Crippen molar-refractivity contribution in [1.29, 1.82) is 10.5 Å². The molecule has 4 nitrogen and oxygen atoms in total. The minimum Gasteiger partial charge on any atom is -0.505 e. The summed E-state index contributed by atoms with van der Waals surface area (Å²) in [6.45, 7) is 1.70. The van der Waals surface area contributed by atoms with Crippen LogP contribution in [0.15, 0.2) is 23.9 Å². The summed E-state index contributed by atoms with van der Waals surface area (Å²) in [4.78, 5) is 0. The molecule has 1 rings (SSSR count). The quantitative estimate of drug-likeness (QED) is 0.608. The first-order chi connectivity index (χ1) is 7.58. The molecule has 0 bridgehead atoms. The molecule has 0 saturated heterocycles. The zero-order valence-electron chi connectivity index (χ0n) is 8.45. The number of nitrogens with zero attached hydrogens (tertiary/aromatic N) is 2. The smallest absolute Gasteiger partial charge is 0.145 e. The van der Waals surface area contributed by atoms with E-state index in [-0.39, 0.29) is 11.3 Å². The van der Waals surface area contributed by atoms with Gasteiger partial charge in [-0.15, -0.1) is 0 Å². The molecule has 0 atom stereocenters. The van der Waals surface area contributed by atoms with Crippen molar-refractivity contribution < 1.29 is 5.11 Å². The van der Waals surface area contributed by atoms with E-state index in [9.17, 15) is 5.11 Å². The Hall–Kier alpha value is -2.17. The zero-order chi connectivity index (χ0) is 12.1. The molecule has 1 aromatic rings. The number of phenols is 1. The summed E-state index contributed by atoms with van der Waals surface area (Å²) >= 11 is 5.80. The van der Waals surface area contributed by atoms with Crippen LogP contribution in [0.4, 0.5) is 5.69 Å². The van der Waals surface area contributed by atoms with Crippen molar-refractivity contribution >= 4 is 17.3 Å². The first-order valence-electron chi connectivity index (χ1n) is 4.34. The number of nitriles is 2. The van der Waals surface area contributed by atoms with Crippen LogP contribution in [0.5, 0.6) is 5.75 Å². The average Bonchev–Trinajstić information content (AvgIpc) is 2.26. The molecule has 0 fully saturated rings. The van der Waals surface area contributed by atoms with E-state index in [1.807, 2.05) is 0 Å². The summed E-state index contributed by atoms with van der Waals surface area (Å²) in [5.74, 6) is 0.0379. The number of aryl methyl sites for hydroxylation is 1. The van der Waals surface area contributed by atoms with Gasteiger partial charge >= 0.3 is 0 Å². The van der Waals surface area contributed by atoms with E-state index < -0.39 is 0 Å². The number of phenolic OH excluding ortho intramolecular Hbond substituents is 1. The Morgan fingerprint density at radius 3 is 2.62 bits per heavy atom. The van der Waals surface area contributed by atoms with E-state index in [0.29, 0.717) is 16.3 Å². The second-order valence-corrected chi connectivity index (χ2v) is 3.48. The van der Waals surface area contributed by atoms with Crippen LogP contribution in [0.2, 0.25) is 5.02 Å². The molecule has 0 amide bonds. The molecule has 16 heavy (non-hydrogen) atoms. The first kappa shape index (κ1) is 11.9. The molecule has 0 aliphatic carbocycles. The Morgan fingerprint density at radius 2 is 2.06 bits per heavy atom. The summed E-state index contributed by atoms with van der Waals surface area (Å²) in [6, 6.07) is 6.51. The SMILES string of the molecule is Cc1cc(Cl)cc(NC=C(C#N)C#N)c1O. The fourth-order valence-electron chi connectivity index (χ4n) is 1.09. The third-order valence-corrected chi connectivity index (χ3v) is 2.10.